The molecule has 4 saturated carbocycles. The molecule has 2 N–H and O–H groups in total. The highest BCUT2D eigenvalue weighted by Gasteiger charge is 2.60. The van der Waals surface area contributed by atoms with Crippen LogP contribution < -0.4 is 0 Å². The van der Waals surface area contributed by atoms with Crippen molar-refractivity contribution in [3.63, 3.8) is 0 Å². The largest absolute Gasteiger partial charge is 0.393 e. The van der Waals surface area contributed by atoms with Gasteiger partial charge >= 0.3 is 0 Å². The van der Waals surface area contributed by atoms with Crippen molar-refractivity contribution in [3.05, 3.63) is 0 Å². The summed E-state index contributed by atoms with van der Waals surface area (Å²) in [5, 5.41) is 30.0. The third kappa shape index (κ3) is 4.91. The molecule has 0 bridgehead atoms. The van der Waals surface area contributed by atoms with Crippen LogP contribution in [0.2, 0.25) is 0 Å². The van der Waals surface area contributed by atoms with E-state index in [2.05, 4.69) is 26.8 Å². The smallest absolute Gasteiger partial charge is 0.0720 e. The molecule has 190 valence electrons. The SMILES string of the molecule is CC.CCC(C#N)C(O)CC[C@@H](C)C1CCC2C3CC[C@H]4CC(O)CCC4(C)C3CCC21C. The van der Waals surface area contributed by atoms with Gasteiger partial charge in [-0.1, -0.05) is 41.5 Å². The Morgan fingerprint density at radius 3 is 2.27 bits per heavy atom. The maximum absolute atomic E-state index is 10.5. The van der Waals surface area contributed by atoms with Crippen LogP contribution in [-0.4, -0.2) is 22.4 Å². The lowest BCUT2D eigenvalue weighted by Crippen LogP contribution is -2.54. The van der Waals surface area contributed by atoms with Crippen LogP contribution >= 0.6 is 0 Å². The molecule has 0 saturated heterocycles. The molecule has 0 amide bonds. The van der Waals surface area contributed by atoms with E-state index in [4.69, 9.17) is 0 Å². The fourth-order valence-electron chi connectivity index (χ4n) is 9.50. The Kier molecular flexibility index (Phi) is 8.99. The van der Waals surface area contributed by atoms with Crippen molar-refractivity contribution in [3.8, 4) is 6.07 Å². The van der Waals surface area contributed by atoms with Crippen molar-refractivity contribution in [1.29, 1.82) is 5.26 Å². The topological polar surface area (TPSA) is 64.2 Å². The molecule has 11 atom stereocenters. The van der Waals surface area contributed by atoms with Crippen LogP contribution in [0.25, 0.3) is 0 Å². The highest BCUT2D eigenvalue weighted by molar-refractivity contribution is 5.09. The second kappa shape index (κ2) is 11.0. The van der Waals surface area contributed by atoms with E-state index in [0.29, 0.717) is 16.7 Å². The predicted octanol–water partition coefficient (Wildman–Crippen LogP) is 7.36. The first-order valence-corrected chi connectivity index (χ1v) is 14.5. The number of rotatable bonds is 6. The molecule has 4 rings (SSSR count). The summed E-state index contributed by atoms with van der Waals surface area (Å²) in [5.41, 5.74) is 0.923. The first kappa shape index (κ1) is 27.0. The summed E-state index contributed by atoms with van der Waals surface area (Å²) in [6.07, 6.45) is 13.6. The fraction of sp³-hybridized carbons (Fsp3) is 0.967. The van der Waals surface area contributed by atoms with Crippen LogP contribution in [0, 0.1) is 63.6 Å². The lowest BCUT2D eigenvalue weighted by Gasteiger charge is -2.61. The van der Waals surface area contributed by atoms with Crippen molar-refractivity contribution in [2.24, 2.45) is 52.3 Å². The number of hydrogen-bond acceptors (Lipinski definition) is 3. The summed E-state index contributed by atoms with van der Waals surface area (Å²) in [5.74, 6) is 4.57. The molecule has 4 aliphatic rings. The molecule has 33 heavy (non-hydrogen) atoms. The predicted molar refractivity (Wildman–Crippen MR) is 136 cm³/mol. The van der Waals surface area contributed by atoms with Crippen LogP contribution in [0.4, 0.5) is 0 Å². The van der Waals surface area contributed by atoms with E-state index in [0.717, 1.165) is 61.7 Å². The second-order valence-electron chi connectivity index (χ2n) is 12.6. The zero-order valence-corrected chi connectivity index (χ0v) is 22.5. The van der Waals surface area contributed by atoms with Gasteiger partial charge in [0.2, 0.25) is 0 Å². The van der Waals surface area contributed by atoms with E-state index in [1.165, 1.54) is 44.9 Å². The first-order chi connectivity index (χ1) is 15.7. The molecule has 0 spiro atoms. The van der Waals surface area contributed by atoms with Gasteiger partial charge in [0.05, 0.1) is 24.2 Å². The van der Waals surface area contributed by atoms with Crippen LogP contribution in [-0.2, 0) is 0 Å². The van der Waals surface area contributed by atoms with Gasteiger partial charge in [-0.2, -0.15) is 5.26 Å². The lowest BCUT2D eigenvalue weighted by molar-refractivity contribution is -0.129. The molecule has 4 aliphatic carbocycles. The Balaban J connectivity index is 0.00000149. The molecule has 3 nitrogen and oxygen atoms in total. The van der Waals surface area contributed by atoms with Gasteiger partial charge in [0.1, 0.15) is 0 Å². The number of aliphatic hydroxyl groups is 2. The molecule has 3 heteroatoms. The van der Waals surface area contributed by atoms with Gasteiger partial charge < -0.3 is 10.2 Å². The summed E-state index contributed by atoms with van der Waals surface area (Å²) in [6, 6.07) is 2.29. The number of aliphatic hydroxyl groups excluding tert-OH is 2. The molecule has 0 aliphatic heterocycles. The van der Waals surface area contributed by atoms with Crippen molar-refractivity contribution in [2.75, 3.05) is 0 Å². The zero-order chi connectivity index (χ0) is 24.4. The number of nitrogens with zero attached hydrogens (tertiary/aromatic N) is 1. The van der Waals surface area contributed by atoms with Gasteiger partial charge in [-0.25, -0.2) is 0 Å². The Bertz CT molecular complexity index is 673. The Morgan fingerprint density at radius 1 is 0.939 bits per heavy atom. The monoisotopic (exact) mass is 459 g/mol. The summed E-state index contributed by atoms with van der Waals surface area (Å²) in [7, 11) is 0. The normalized spacial score (nSPS) is 44.7. The van der Waals surface area contributed by atoms with E-state index in [1.54, 1.807) is 0 Å². The maximum Gasteiger partial charge on any atom is 0.0720 e. The average Bonchev–Trinajstić information content (AvgIpc) is 3.17. The van der Waals surface area contributed by atoms with Crippen LogP contribution in [0.1, 0.15) is 119 Å². The minimum Gasteiger partial charge on any atom is -0.393 e. The van der Waals surface area contributed by atoms with Gasteiger partial charge in [-0.05, 0) is 123 Å². The van der Waals surface area contributed by atoms with Gasteiger partial charge in [-0.15, -0.1) is 0 Å². The van der Waals surface area contributed by atoms with E-state index in [-0.39, 0.29) is 12.0 Å². The van der Waals surface area contributed by atoms with Gasteiger partial charge in [0.15, 0.2) is 0 Å². The second-order valence-corrected chi connectivity index (χ2v) is 12.6. The van der Waals surface area contributed by atoms with E-state index < -0.39 is 6.10 Å². The standard InChI is InChI=1S/C28H47NO2.C2H6/c1-5-19(17-29)26(31)11-6-18(2)23-9-10-24-22-8-7-20-16-21(30)12-14-27(20,3)25(22)13-15-28(23,24)4;1-2/h18-26,30-31H,5-16H2,1-4H3;1-2H3/t18-,19?,20+,21?,22?,23?,24?,25?,26?,27?,28?;/m1./s1. The average molecular weight is 460 g/mol. The molecule has 0 aromatic heterocycles. The molecule has 0 heterocycles. The Morgan fingerprint density at radius 2 is 1.61 bits per heavy atom. The summed E-state index contributed by atoms with van der Waals surface area (Å²) >= 11 is 0. The highest BCUT2D eigenvalue weighted by atomic mass is 16.3. The number of fused-ring (bicyclic) bond motifs is 5. The Hall–Kier alpha value is -0.590. The van der Waals surface area contributed by atoms with Gasteiger partial charge in [0.25, 0.3) is 0 Å². The molecule has 0 aromatic rings. The van der Waals surface area contributed by atoms with Crippen molar-refractivity contribution in [2.45, 2.75) is 131 Å². The molecular formula is C30H53NO2. The zero-order valence-electron chi connectivity index (χ0n) is 22.5. The van der Waals surface area contributed by atoms with Gasteiger partial charge in [0, 0.05) is 0 Å². The summed E-state index contributed by atoms with van der Waals surface area (Å²) in [6.45, 7) is 13.6. The van der Waals surface area contributed by atoms with E-state index in [9.17, 15) is 15.5 Å². The first-order valence-electron chi connectivity index (χ1n) is 14.5. The van der Waals surface area contributed by atoms with Crippen molar-refractivity contribution < 1.29 is 10.2 Å². The fourth-order valence-corrected chi connectivity index (χ4v) is 9.50. The molecule has 0 radical (unpaired) electrons. The molecule has 9 unspecified atom stereocenters. The van der Waals surface area contributed by atoms with Crippen LogP contribution in [0.3, 0.4) is 0 Å². The quantitative estimate of drug-likeness (QED) is 0.436. The molecular weight excluding hydrogens is 406 g/mol. The minimum atomic E-state index is -0.463. The lowest BCUT2D eigenvalue weighted by atomic mass is 9.44. The van der Waals surface area contributed by atoms with Gasteiger partial charge in [-0.3, -0.25) is 0 Å². The molecule has 0 aromatic carbocycles. The van der Waals surface area contributed by atoms with Crippen LogP contribution in [0.15, 0.2) is 0 Å². The minimum absolute atomic E-state index is 0.0520. The Labute approximate surface area is 204 Å². The third-order valence-corrected chi connectivity index (χ3v) is 11.4. The highest BCUT2D eigenvalue weighted by Crippen LogP contribution is 2.68. The van der Waals surface area contributed by atoms with Crippen LogP contribution in [0.5, 0.6) is 0 Å². The van der Waals surface area contributed by atoms with E-state index in [1.807, 2.05) is 20.8 Å². The number of nitriles is 1. The van der Waals surface area contributed by atoms with E-state index >= 15 is 0 Å². The van der Waals surface area contributed by atoms with Crippen molar-refractivity contribution in [1.82, 2.24) is 0 Å². The summed E-state index contributed by atoms with van der Waals surface area (Å²) < 4.78 is 0. The molecule has 4 fully saturated rings. The third-order valence-electron chi connectivity index (χ3n) is 11.4. The maximum atomic E-state index is 10.5. The summed E-state index contributed by atoms with van der Waals surface area (Å²) in [4.78, 5) is 0. The number of hydrogen-bond donors (Lipinski definition) is 2. The van der Waals surface area contributed by atoms with Crippen molar-refractivity contribution >= 4 is 0 Å².